The van der Waals surface area contributed by atoms with Gasteiger partial charge in [-0.05, 0) is 67.6 Å². The number of anilines is 1. The summed E-state index contributed by atoms with van der Waals surface area (Å²) in [4.78, 5) is 39.8. The van der Waals surface area contributed by atoms with Crippen LogP contribution < -0.4 is 9.64 Å². The third kappa shape index (κ3) is 6.10. The van der Waals surface area contributed by atoms with E-state index in [0.717, 1.165) is 17.7 Å². The number of carbonyl (C=O) groups excluding carboxylic acids is 3. The van der Waals surface area contributed by atoms with Crippen LogP contribution in [0.4, 0.5) is 10.1 Å². The zero-order valence-corrected chi connectivity index (χ0v) is 20.4. The Hall–Kier alpha value is -3.71. The molecular formula is C28H25ClFNO5. The van der Waals surface area contributed by atoms with Gasteiger partial charge >= 0.3 is 5.97 Å². The van der Waals surface area contributed by atoms with Crippen LogP contribution in [0.3, 0.4) is 0 Å². The van der Waals surface area contributed by atoms with Crippen LogP contribution in [0.1, 0.15) is 28.8 Å². The van der Waals surface area contributed by atoms with Gasteiger partial charge in [-0.2, -0.15) is 0 Å². The number of alkyl halides is 1. The molecule has 2 atom stereocenters. The molecule has 186 valence electrons. The first-order chi connectivity index (χ1) is 17.3. The third-order valence-electron chi connectivity index (χ3n) is 5.91. The molecule has 1 fully saturated rings. The SMILES string of the molecule is Cc1ccc(Oc2ccc(N3C[C@H](C(=O)O[C@H](CCCl)C(=O)c4ccc(F)cc4)CC3=O)cc2)cc1. The standard InChI is InChI=1S/C28H25ClFNO5/c1-18-2-10-23(11-3-18)35-24-12-8-22(9-13-24)31-17-20(16-26(31)32)28(34)36-25(14-15-29)27(33)19-4-6-21(30)7-5-19/h2-13,20,25H,14-17H2,1H3/t20-,25-/m1/s1. The van der Waals surface area contributed by atoms with Crippen molar-refractivity contribution in [2.45, 2.75) is 25.9 Å². The molecule has 0 bridgehead atoms. The van der Waals surface area contributed by atoms with Gasteiger partial charge in [-0.3, -0.25) is 14.4 Å². The van der Waals surface area contributed by atoms with Crippen molar-refractivity contribution in [2.75, 3.05) is 17.3 Å². The van der Waals surface area contributed by atoms with Crippen molar-refractivity contribution >= 4 is 34.9 Å². The van der Waals surface area contributed by atoms with Crippen molar-refractivity contribution < 1.29 is 28.2 Å². The highest BCUT2D eigenvalue weighted by Crippen LogP contribution is 2.30. The van der Waals surface area contributed by atoms with Crippen LogP contribution in [0, 0.1) is 18.7 Å². The minimum absolute atomic E-state index is 0.0290. The lowest BCUT2D eigenvalue weighted by atomic mass is 10.0. The molecule has 1 heterocycles. The Labute approximate surface area is 213 Å². The molecule has 0 aliphatic carbocycles. The first-order valence-corrected chi connectivity index (χ1v) is 12.1. The van der Waals surface area contributed by atoms with E-state index in [1.807, 2.05) is 31.2 Å². The monoisotopic (exact) mass is 509 g/mol. The van der Waals surface area contributed by atoms with Gasteiger partial charge in [-0.15, -0.1) is 11.6 Å². The van der Waals surface area contributed by atoms with Crippen molar-refractivity contribution in [1.29, 1.82) is 0 Å². The molecule has 0 radical (unpaired) electrons. The highest BCUT2D eigenvalue weighted by molar-refractivity contribution is 6.18. The van der Waals surface area contributed by atoms with Crippen LogP contribution in [0.25, 0.3) is 0 Å². The quantitative estimate of drug-likeness (QED) is 0.210. The molecule has 1 saturated heterocycles. The Kier molecular flexibility index (Phi) is 8.00. The summed E-state index contributed by atoms with van der Waals surface area (Å²) in [5.74, 6) is -1.11. The van der Waals surface area contributed by atoms with Gasteiger partial charge in [0.1, 0.15) is 17.3 Å². The third-order valence-corrected chi connectivity index (χ3v) is 6.13. The molecule has 0 aromatic heterocycles. The lowest BCUT2D eigenvalue weighted by Gasteiger charge is -2.19. The zero-order chi connectivity index (χ0) is 25.7. The predicted octanol–water partition coefficient (Wildman–Crippen LogP) is 5.70. The summed E-state index contributed by atoms with van der Waals surface area (Å²) in [6.07, 6.45) is -1.03. The number of ether oxygens (including phenoxy) is 2. The largest absolute Gasteiger partial charge is 0.457 e. The average Bonchev–Trinajstić information content (AvgIpc) is 3.27. The summed E-state index contributed by atoms with van der Waals surface area (Å²) in [6.45, 7) is 2.13. The van der Waals surface area contributed by atoms with Crippen LogP contribution in [0.15, 0.2) is 72.8 Å². The second-order valence-electron chi connectivity index (χ2n) is 8.59. The van der Waals surface area contributed by atoms with Crippen LogP contribution in [-0.4, -0.2) is 36.2 Å². The first-order valence-electron chi connectivity index (χ1n) is 11.5. The molecule has 1 aliphatic rings. The number of benzene rings is 3. The Morgan fingerprint density at radius 2 is 1.61 bits per heavy atom. The van der Waals surface area contributed by atoms with Crippen molar-refractivity contribution in [3.05, 3.63) is 89.7 Å². The summed E-state index contributed by atoms with van der Waals surface area (Å²) >= 11 is 5.82. The number of esters is 1. The van der Waals surface area contributed by atoms with Gasteiger partial charge in [-0.1, -0.05) is 17.7 Å². The number of ketones is 1. The summed E-state index contributed by atoms with van der Waals surface area (Å²) in [6, 6.07) is 19.7. The number of amides is 1. The van der Waals surface area contributed by atoms with E-state index in [2.05, 4.69) is 0 Å². The van der Waals surface area contributed by atoms with Gasteiger partial charge < -0.3 is 14.4 Å². The number of nitrogens with zero attached hydrogens (tertiary/aromatic N) is 1. The van der Waals surface area contributed by atoms with E-state index in [4.69, 9.17) is 21.1 Å². The van der Waals surface area contributed by atoms with Crippen molar-refractivity contribution in [2.24, 2.45) is 5.92 Å². The van der Waals surface area contributed by atoms with E-state index < -0.39 is 29.6 Å². The minimum Gasteiger partial charge on any atom is -0.457 e. The summed E-state index contributed by atoms with van der Waals surface area (Å²) in [5, 5.41) is 0. The fourth-order valence-corrected chi connectivity index (χ4v) is 4.13. The summed E-state index contributed by atoms with van der Waals surface area (Å²) in [5.41, 5.74) is 1.98. The van der Waals surface area contributed by atoms with Crippen LogP contribution in [0.5, 0.6) is 11.5 Å². The molecule has 36 heavy (non-hydrogen) atoms. The highest BCUT2D eigenvalue weighted by Gasteiger charge is 2.38. The second kappa shape index (κ2) is 11.4. The van der Waals surface area contributed by atoms with Crippen LogP contribution in [0.2, 0.25) is 0 Å². The van der Waals surface area contributed by atoms with Gasteiger partial charge in [0.2, 0.25) is 11.7 Å². The number of carbonyl (C=O) groups is 3. The lowest BCUT2D eigenvalue weighted by Crippen LogP contribution is -2.32. The van der Waals surface area contributed by atoms with Gasteiger partial charge in [0.25, 0.3) is 0 Å². The highest BCUT2D eigenvalue weighted by atomic mass is 35.5. The number of hydrogen-bond acceptors (Lipinski definition) is 5. The molecule has 0 unspecified atom stereocenters. The fraction of sp³-hybridized carbons (Fsp3) is 0.250. The van der Waals surface area contributed by atoms with Crippen molar-refractivity contribution in [1.82, 2.24) is 0 Å². The molecule has 8 heteroatoms. The second-order valence-corrected chi connectivity index (χ2v) is 8.97. The average molecular weight is 510 g/mol. The maximum atomic E-state index is 13.2. The van der Waals surface area contributed by atoms with Crippen LogP contribution >= 0.6 is 11.6 Å². The minimum atomic E-state index is -1.11. The van der Waals surface area contributed by atoms with E-state index in [1.54, 1.807) is 24.3 Å². The smallest absolute Gasteiger partial charge is 0.312 e. The number of hydrogen-bond donors (Lipinski definition) is 0. The van der Waals surface area contributed by atoms with Gasteiger partial charge in [0, 0.05) is 36.5 Å². The summed E-state index contributed by atoms with van der Waals surface area (Å²) < 4.78 is 24.5. The topological polar surface area (TPSA) is 72.9 Å². The maximum absolute atomic E-state index is 13.2. The fourth-order valence-electron chi connectivity index (χ4n) is 3.93. The lowest BCUT2D eigenvalue weighted by molar-refractivity contribution is -0.151. The van der Waals surface area contributed by atoms with E-state index in [9.17, 15) is 18.8 Å². The van der Waals surface area contributed by atoms with E-state index in [1.165, 1.54) is 17.0 Å². The molecule has 1 aliphatic heterocycles. The van der Waals surface area contributed by atoms with Crippen molar-refractivity contribution in [3.63, 3.8) is 0 Å². The van der Waals surface area contributed by atoms with Gasteiger partial charge in [-0.25, -0.2) is 4.39 Å². The zero-order valence-electron chi connectivity index (χ0n) is 19.7. The normalized spacial score (nSPS) is 16.0. The number of aryl methyl sites for hydroxylation is 1. The maximum Gasteiger partial charge on any atom is 0.312 e. The van der Waals surface area contributed by atoms with Gasteiger partial charge in [0.05, 0.1) is 5.92 Å². The van der Waals surface area contributed by atoms with E-state index >= 15 is 0 Å². The molecule has 0 spiro atoms. The first kappa shape index (κ1) is 25.4. The molecule has 0 saturated carbocycles. The Morgan fingerprint density at radius 1 is 1.00 bits per heavy atom. The molecule has 4 rings (SSSR count). The van der Waals surface area contributed by atoms with E-state index in [0.29, 0.717) is 17.2 Å². The van der Waals surface area contributed by atoms with Crippen LogP contribution in [-0.2, 0) is 14.3 Å². The Bertz CT molecular complexity index is 1230. The predicted molar refractivity (Wildman–Crippen MR) is 134 cm³/mol. The molecule has 3 aromatic rings. The molecule has 1 amide bonds. The Balaban J connectivity index is 1.39. The molecule has 0 N–H and O–H groups in total. The number of rotatable bonds is 9. The number of Topliss-reactive ketones (excluding diaryl/α,β-unsaturated/α-hetero) is 1. The van der Waals surface area contributed by atoms with Crippen molar-refractivity contribution in [3.8, 4) is 11.5 Å². The molecular weight excluding hydrogens is 485 g/mol. The van der Waals surface area contributed by atoms with Gasteiger partial charge in [0.15, 0.2) is 6.10 Å². The summed E-state index contributed by atoms with van der Waals surface area (Å²) in [7, 11) is 0. The van der Waals surface area contributed by atoms with E-state index in [-0.39, 0.29) is 36.7 Å². The number of halogens is 2. The molecule has 3 aromatic carbocycles. The molecule has 6 nitrogen and oxygen atoms in total. The Morgan fingerprint density at radius 3 is 2.22 bits per heavy atom.